The molecule has 0 unspecified atom stereocenters. The fourth-order valence-corrected chi connectivity index (χ4v) is 2.88. The highest BCUT2D eigenvalue weighted by Crippen LogP contribution is 2.46. The third kappa shape index (κ3) is 3.42. The van der Waals surface area contributed by atoms with E-state index in [1.807, 2.05) is 0 Å². The van der Waals surface area contributed by atoms with E-state index in [4.69, 9.17) is 0 Å². The molecular formula is C14H18ClF3N2O2. The standard InChI is InChI=1S/C14H17F3N2O2.ClH/c15-5-4-11(19-8-6-18-7-9-19)10-2-1-3-12-13(10)21-14(16,17)20-12;/h1-3,11,18H,4-9H2;1H/t11-;/m1./s1. The molecule has 0 amide bonds. The first kappa shape index (κ1) is 17.2. The number of alkyl halides is 3. The number of nitrogens with zero attached hydrogens (tertiary/aromatic N) is 1. The number of hydrogen-bond donors (Lipinski definition) is 1. The van der Waals surface area contributed by atoms with Crippen LogP contribution in [0.4, 0.5) is 13.2 Å². The maximum absolute atomic E-state index is 13.3. The van der Waals surface area contributed by atoms with Crippen LogP contribution in [-0.2, 0) is 0 Å². The Morgan fingerprint density at radius 2 is 1.95 bits per heavy atom. The Morgan fingerprint density at radius 1 is 1.23 bits per heavy atom. The molecule has 2 aliphatic rings. The highest BCUT2D eigenvalue weighted by molar-refractivity contribution is 5.85. The van der Waals surface area contributed by atoms with E-state index in [0.717, 1.165) is 26.2 Å². The number of piperazine rings is 1. The zero-order valence-corrected chi connectivity index (χ0v) is 12.7. The maximum Gasteiger partial charge on any atom is 0.586 e. The summed E-state index contributed by atoms with van der Waals surface area (Å²) in [5.41, 5.74) is 0.559. The Morgan fingerprint density at radius 3 is 2.64 bits per heavy atom. The van der Waals surface area contributed by atoms with Gasteiger partial charge in [-0.15, -0.1) is 21.2 Å². The number of fused-ring (bicyclic) bond motifs is 1. The van der Waals surface area contributed by atoms with Crippen molar-refractivity contribution >= 4 is 12.4 Å². The smallest absolute Gasteiger partial charge is 0.395 e. The second-order valence-electron chi connectivity index (χ2n) is 5.12. The van der Waals surface area contributed by atoms with Crippen molar-refractivity contribution in [3.63, 3.8) is 0 Å². The van der Waals surface area contributed by atoms with Gasteiger partial charge in [0, 0.05) is 37.8 Å². The second kappa shape index (κ2) is 6.93. The van der Waals surface area contributed by atoms with E-state index < -0.39 is 13.0 Å². The lowest BCUT2D eigenvalue weighted by atomic mass is 10.00. The molecule has 1 aromatic carbocycles. The molecule has 2 aliphatic heterocycles. The monoisotopic (exact) mass is 338 g/mol. The van der Waals surface area contributed by atoms with Gasteiger partial charge in [-0.1, -0.05) is 12.1 Å². The predicted molar refractivity (Wildman–Crippen MR) is 77.7 cm³/mol. The molecule has 0 aliphatic carbocycles. The topological polar surface area (TPSA) is 33.7 Å². The minimum Gasteiger partial charge on any atom is -0.395 e. The van der Waals surface area contributed by atoms with Crippen molar-refractivity contribution in [2.24, 2.45) is 0 Å². The number of hydrogen-bond acceptors (Lipinski definition) is 4. The van der Waals surface area contributed by atoms with Gasteiger partial charge in [0.25, 0.3) is 0 Å². The minimum atomic E-state index is -3.65. The van der Waals surface area contributed by atoms with Crippen LogP contribution in [0.2, 0.25) is 0 Å². The predicted octanol–water partition coefficient (Wildman–Crippen LogP) is 2.74. The van der Waals surface area contributed by atoms with Gasteiger partial charge in [0.05, 0.1) is 6.67 Å². The minimum absolute atomic E-state index is 0. The van der Waals surface area contributed by atoms with Crippen molar-refractivity contribution in [3.05, 3.63) is 23.8 Å². The zero-order chi connectivity index (χ0) is 14.9. The van der Waals surface area contributed by atoms with Crippen molar-refractivity contribution in [2.75, 3.05) is 32.9 Å². The number of halogens is 4. The lowest BCUT2D eigenvalue weighted by Crippen LogP contribution is -2.45. The largest absolute Gasteiger partial charge is 0.586 e. The highest BCUT2D eigenvalue weighted by atomic mass is 35.5. The van der Waals surface area contributed by atoms with E-state index in [1.54, 1.807) is 12.1 Å². The Kier molecular flexibility index (Phi) is 5.41. The van der Waals surface area contributed by atoms with Crippen LogP contribution < -0.4 is 14.8 Å². The second-order valence-corrected chi connectivity index (χ2v) is 5.12. The summed E-state index contributed by atoms with van der Waals surface area (Å²) in [6.07, 6.45) is -3.41. The molecule has 124 valence electrons. The summed E-state index contributed by atoms with van der Waals surface area (Å²) in [4.78, 5) is 2.09. The van der Waals surface area contributed by atoms with Crippen molar-refractivity contribution in [1.82, 2.24) is 10.2 Å². The van der Waals surface area contributed by atoms with E-state index in [-0.39, 0.29) is 36.4 Å². The quantitative estimate of drug-likeness (QED) is 0.915. The Balaban J connectivity index is 0.00000176. The summed E-state index contributed by atoms with van der Waals surface area (Å²) in [5.74, 6) is 0.0379. The van der Waals surface area contributed by atoms with Crippen LogP contribution >= 0.6 is 12.4 Å². The van der Waals surface area contributed by atoms with Crippen LogP contribution in [0, 0.1) is 0 Å². The fraction of sp³-hybridized carbons (Fsp3) is 0.571. The third-order valence-electron chi connectivity index (χ3n) is 3.79. The summed E-state index contributed by atoms with van der Waals surface area (Å²) in [5, 5.41) is 3.22. The molecule has 0 saturated carbocycles. The number of rotatable bonds is 4. The van der Waals surface area contributed by atoms with E-state index in [9.17, 15) is 13.2 Å². The molecule has 1 saturated heterocycles. The lowest BCUT2D eigenvalue weighted by molar-refractivity contribution is -0.287. The van der Waals surface area contributed by atoms with Gasteiger partial charge in [-0.25, -0.2) is 0 Å². The van der Waals surface area contributed by atoms with Gasteiger partial charge in [-0.3, -0.25) is 9.29 Å². The van der Waals surface area contributed by atoms with Crippen LogP contribution in [0.15, 0.2) is 18.2 Å². The van der Waals surface area contributed by atoms with E-state index in [0.29, 0.717) is 5.56 Å². The van der Waals surface area contributed by atoms with E-state index in [1.165, 1.54) is 6.07 Å². The molecule has 22 heavy (non-hydrogen) atoms. The van der Waals surface area contributed by atoms with Gasteiger partial charge in [0.15, 0.2) is 11.5 Å². The first-order chi connectivity index (χ1) is 10.1. The SMILES string of the molecule is Cl.FCC[C@H](c1cccc2c1OC(F)(F)O2)N1CCNCC1. The number of para-hydroxylation sites is 1. The summed E-state index contributed by atoms with van der Waals surface area (Å²) in [7, 11) is 0. The summed E-state index contributed by atoms with van der Waals surface area (Å²) >= 11 is 0. The Hall–Kier alpha value is -1.18. The first-order valence-electron chi connectivity index (χ1n) is 7.00. The van der Waals surface area contributed by atoms with Gasteiger partial charge < -0.3 is 14.8 Å². The zero-order valence-electron chi connectivity index (χ0n) is 11.9. The van der Waals surface area contributed by atoms with Gasteiger partial charge in [-0.05, 0) is 12.5 Å². The van der Waals surface area contributed by atoms with Gasteiger partial charge in [0.1, 0.15) is 0 Å². The molecular weight excluding hydrogens is 321 g/mol. The van der Waals surface area contributed by atoms with Crippen LogP contribution in [0.3, 0.4) is 0 Å². The first-order valence-corrected chi connectivity index (χ1v) is 7.00. The van der Waals surface area contributed by atoms with Crippen LogP contribution in [0.1, 0.15) is 18.0 Å². The maximum atomic E-state index is 13.3. The molecule has 0 aromatic heterocycles. The van der Waals surface area contributed by atoms with Gasteiger partial charge in [-0.2, -0.15) is 0 Å². The molecule has 2 heterocycles. The van der Waals surface area contributed by atoms with Gasteiger partial charge in [0.2, 0.25) is 0 Å². The van der Waals surface area contributed by atoms with Crippen LogP contribution in [-0.4, -0.2) is 44.0 Å². The molecule has 1 atom stereocenters. The highest BCUT2D eigenvalue weighted by Gasteiger charge is 2.45. The van der Waals surface area contributed by atoms with Crippen molar-refractivity contribution in [1.29, 1.82) is 0 Å². The van der Waals surface area contributed by atoms with E-state index in [2.05, 4.69) is 19.7 Å². The molecule has 3 rings (SSSR count). The van der Waals surface area contributed by atoms with Crippen LogP contribution in [0.25, 0.3) is 0 Å². The van der Waals surface area contributed by atoms with E-state index >= 15 is 0 Å². The van der Waals surface area contributed by atoms with Gasteiger partial charge >= 0.3 is 6.29 Å². The normalized spacial score (nSPS) is 21.2. The van der Waals surface area contributed by atoms with Crippen molar-refractivity contribution in [3.8, 4) is 11.5 Å². The average molecular weight is 339 g/mol. The molecule has 1 fully saturated rings. The number of ether oxygens (including phenoxy) is 2. The third-order valence-corrected chi connectivity index (χ3v) is 3.79. The number of benzene rings is 1. The Labute approximate surface area is 133 Å². The molecule has 0 bridgehead atoms. The summed E-state index contributed by atoms with van der Waals surface area (Å²) in [6, 6.07) is 4.48. The average Bonchev–Trinajstić information content (AvgIpc) is 2.79. The molecule has 8 heteroatoms. The molecule has 1 aromatic rings. The van der Waals surface area contributed by atoms with Crippen LogP contribution in [0.5, 0.6) is 11.5 Å². The summed E-state index contributed by atoms with van der Waals surface area (Å²) in [6.45, 7) is 2.56. The van der Waals surface area contributed by atoms with Crippen molar-refractivity contribution in [2.45, 2.75) is 18.8 Å². The van der Waals surface area contributed by atoms with Crippen molar-refractivity contribution < 1.29 is 22.6 Å². The molecule has 0 radical (unpaired) electrons. The number of nitrogens with one attached hydrogen (secondary N) is 1. The lowest BCUT2D eigenvalue weighted by Gasteiger charge is -2.35. The summed E-state index contributed by atoms with van der Waals surface area (Å²) < 4.78 is 48.6. The molecule has 1 N–H and O–H groups in total. The molecule has 0 spiro atoms. The Bertz CT molecular complexity index is 513. The fourth-order valence-electron chi connectivity index (χ4n) is 2.88. The molecule has 4 nitrogen and oxygen atoms in total.